The monoisotopic (exact) mass is 259 g/mol. The van der Waals surface area contributed by atoms with Gasteiger partial charge in [-0.05, 0) is 38.1 Å². The Morgan fingerprint density at radius 1 is 1.37 bits per heavy atom. The summed E-state index contributed by atoms with van der Waals surface area (Å²) >= 11 is 0. The van der Waals surface area contributed by atoms with E-state index in [-0.39, 0.29) is 5.54 Å². The van der Waals surface area contributed by atoms with Crippen LogP contribution in [0.1, 0.15) is 19.4 Å². The van der Waals surface area contributed by atoms with Gasteiger partial charge in [-0.3, -0.25) is 4.90 Å². The van der Waals surface area contributed by atoms with Gasteiger partial charge in [0, 0.05) is 31.7 Å². The average Bonchev–Trinajstić information content (AvgIpc) is 2.41. The molecule has 0 atom stereocenters. The van der Waals surface area contributed by atoms with Crippen LogP contribution in [0.4, 0.5) is 0 Å². The van der Waals surface area contributed by atoms with Gasteiger partial charge in [-0.15, -0.1) is 0 Å². The SMILES string of the molecule is CC1(C)CNCCN1CCOc1ccc(C#N)cc1. The highest BCUT2D eigenvalue weighted by atomic mass is 16.5. The molecule has 0 saturated carbocycles. The second-order valence-electron chi connectivity index (χ2n) is 5.46. The minimum atomic E-state index is 0.187. The number of hydrogen-bond acceptors (Lipinski definition) is 4. The molecule has 4 nitrogen and oxygen atoms in total. The van der Waals surface area contributed by atoms with Crippen LogP contribution in [0.3, 0.4) is 0 Å². The third-order valence-corrected chi connectivity index (χ3v) is 3.59. The number of nitriles is 1. The predicted octanol–water partition coefficient (Wildman–Crippen LogP) is 1.62. The van der Waals surface area contributed by atoms with Crippen molar-refractivity contribution in [2.24, 2.45) is 0 Å². The Balaban J connectivity index is 1.81. The Hall–Kier alpha value is -1.57. The molecule has 1 aliphatic rings. The van der Waals surface area contributed by atoms with Gasteiger partial charge in [0.2, 0.25) is 0 Å². The maximum absolute atomic E-state index is 8.73. The van der Waals surface area contributed by atoms with Crippen LogP contribution in [0.25, 0.3) is 0 Å². The van der Waals surface area contributed by atoms with Gasteiger partial charge in [0.25, 0.3) is 0 Å². The molecule has 102 valence electrons. The maximum atomic E-state index is 8.73. The van der Waals surface area contributed by atoms with E-state index in [0.29, 0.717) is 12.2 Å². The summed E-state index contributed by atoms with van der Waals surface area (Å²) in [7, 11) is 0. The number of benzene rings is 1. The highest BCUT2D eigenvalue weighted by Gasteiger charge is 2.28. The van der Waals surface area contributed by atoms with E-state index in [4.69, 9.17) is 10.00 Å². The molecule has 1 fully saturated rings. The smallest absolute Gasteiger partial charge is 0.119 e. The molecule has 1 heterocycles. The number of rotatable bonds is 4. The van der Waals surface area contributed by atoms with Crippen LogP contribution in [0, 0.1) is 11.3 Å². The summed E-state index contributed by atoms with van der Waals surface area (Å²) in [5.74, 6) is 0.826. The molecule has 0 bridgehead atoms. The van der Waals surface area contributed by atoms with E-state index in [2.05, 4.69) is 30.1 Å². The third kappa shape index (κ3) is 3.69. The van der Waals surface area contributed by atoms with E-state index in [0.717, 1.165) is 31.9 Å². The molecule has 1 aromatic carbocycles. The summed E-state index contributed by atoms with van der Waals surface area (Å²) < 4.78 is 5.73. The lowest BCUT2D eigenvalue weighted by atomic mass is 10.0. The highest BCUT2D eigenvalue weighted by molar-refractivity contribution is 5.34. The topological polar surface area (TPSA) is 48.3 Å². The van der Waals surface area contributed by atoms with Gasteiger partial charge in [-0.1, -0.05) is 0 Å². The first-order valence-corrected chi connectivity index (χ1v) is 6.70. The molecule has 1 N–H and O–H groups in total. The number of nitrogens with zero attached hydrogens (tertiary/aromatic N) is 2. The number of hydrogen-bond donors (Lipinski definition) is 1. The van der Waals surface area contributed by atoms with Crippen LogP contribution in [0.2, 0.25) is 0 Å². The van der Waals surface area contributed by atoms with E-state index in [1.807, 2.05) is 12.1 Å². The van der Waals surface area contributed by atoms with Crippen molar-refractivity contribution >= 4 is 0 Å². The Morgan fingerprint density at radius 3 is 2.74 bits per heavy atom. The quantitative estimate of drug-likeness (QED) is 0.892. The Labute approximate surface area is 115 Å². The number of nitrogens with one attached hydrogen (secondary N) is 1. The molecule has 0 aromatic heterocycles. The lowest BCUT2D eigenvalue weighted by Gasteiger charge is -2.42. The van der Waals surface area contributed by atoms with Gasteiger partial charge in [-0.2, -0.15) is 5.26 Å². The van der Waals surface area contributed by atoms with Gasteiger partial charge in [-0.25, -0.2) is 0 Å². The van der Waals surface area contributed by atoms with Crippen molar-refractivity contribution in [3.63, 3.8) is 0 Å². The van der Waals surface area contributed by atoms with Crippen LogP contribution >= 0.6 is 0 Å². The van der Waals surface area contributed by atoms with E-state index < -0.39 is 0 Å². The van der Waals surface area contributed by atoms with Gasteiger partial charge in [0.05, 0.1) is 11.6 Å². The zero-order chi connectivity index (χ0) is 13.7. The molecule has 0 aliphatic carbocycles. The molecule has 1 aliphatic heterocycles. The van der Waals surface area contributed by atoms with E-state index in [1.165, 1.54) is 0 Å². The summed E-state index contributed by atoms with van der Waals surface area (Å²) in [6.07, 6.45) is 0. The summed E-state index contributed by atoms with van der Waals surface area (Å²) in [6.45, 7) is 9.22. The zero-order valence-corrected chi connectivity index (χ0v) is 11.6. The molecule has 1 saturated heterocycles. The molecule has 0 radical (unpaired) electrons. The normalized spacial score (nSPS) is 18.8. The summed E-state index contributed by atoms with van der Waals surface area (Å²) in [5.41, 5.74) is 0.849. The van der Waals surface area contributed by atoms with Crippen LogP contribution in [-0.2, 0) is 0 Å². The van der Waals surface area contributed by atoms with Crippen molar-refractivity contribution in [3.05, 3.63) is 29.8 Å². The highest BCUT2D eigenvalue weighted by Crippen LogP contribution is 2.16. The molecule has 0 spiro atoms. The average molecular weight is 259 g/mol. The Bertz CT molecular complexity index is 447. The Kier molecular flexibility index (Phi) is 4.41. The number of piperazine rings is 1. The fourth-order valence-electron chi connectivity index (χ4n) is 2.34. The van der Waals surface area contributed by atoms with Crippen molar-refractivity contribution in [1.29, 1.82) is 5.26 Å². The largest absolute Gasteiger partial charge is 0.492 e. The van der Waals surface area contributed by atoms with Gasteiger partial charge in [0.15, 0.2) is 0 Å². The van der Waals surface area contributed by atoms with Crippen molar-refractivity contribution in [1.82, 2.24) is 10.2 Å². The minimum absolute atomic E-state index is 0.187. The first kappa shape index (κ1) is 13.9. The van der Waals surface area contributed by atoms with Crippen molar-refractivity contribution in [2.45, 2.75) is 19.4 Å². The minimum Gasteiger partial charge on any atom is -0.492 e. The first-order chi connectivity index (χ1) is 9.12. The fraction of sp³-hybridized carbons (Fsp3) is 0.533. The summed E-state index contributed by atoms with van der Waals surface area (Å²) in [6, 6.07) is 9.36. The van der Waals surface area contributed by atoms with Gasteiger partial charge >= 0.3 is 0 Å². The maximum Gasteiger partial charge on any atom is 0.119 e. The molecular formula is C15H21N3O. The summed E-state index contributed by atoms with van der Waals surface area (Å²) in [4.78, 5) is 2.45. The van der Waals surface area contributed by atoms with Gasteiger partial charge in [0.1, 0.15) is 12.4 Å². The second kappa shape index (κ2) is 6.05. The standard InChI is InChI=1S/C15H21N3O/c1-15(2)12-17-7-8-18(15)9-10-19-14-5-3-13(11-16)4-6-14/h3-6,17H,7-10,12H2,1-2H3. The first-order valence-electron chi connectivity index (χ1n) is 6.70. The third-order valence-electron chi connectivity index (χ3n) is 3.59. The molecular weight excluding hydrogens is 238 g/mol. The predicted molar refractivity (Wildman–Crippen MR) is 75.2 cm³/mol. The lowest BCUT2D eigenvalue weighted by molar-refractivity contribution is 0.0744. The zero-order valence-electron chi connectivity index (χ0n) is 11.6. The molecule has 1 aromatic rings. The molecule has 0 unspecified atom stereocenters. The van der Waals surface area contributed by atoms with Crippen molar-refractivity contribution in [3.8, 4) is 11.8 Å². The lowest BCUT2D eigenvalue weighted by Crippen LogP contribution is -2.58. The second-order valence-corrected chi connectivity index (χ2v) is 5.46. The van der Waals surface area contributed by atoms with Crippen LogP contribution < -0.4 is 10.1 Å². The van der Waals surface area contributed by atoms with Crippen LogP contribution in [0.15, 0.2) is 24.3 Å². The fourth-order valence-corrected chi connectivity index (χ4v) is 2.34. The molecule has 19 heavy (non-hydrogen) atoms. The van der Waals surface area contributed by atoms with E-state index in [1.54, 1.807) is 12.1 Å². The van der Waals surface area contributed by atoms with E-state index in [9.17, 15) is 0 Å². The van der Waals surface area contributed by atoms with Crippen molar-refractivity contribution < 1.29 is 4.74 Å². The van der Waals surface area contributed by atoms with E-state index >= 15 is 0 Å². The molecule has 2 rings (SSSR count). The molecule has 4 heteroatoms. The number of ether oxygens (including phenoxy) is 1. The van der Waals surface area contributed by atoms with Crippen LogP contribution in [0.5, 0.6) is 5.75 Å². The Morgan fingerprint density at radius 2 is 2.11 bits per heavy atom. The summed E-state index contributed by atoms with van der Waals surface area (Å²) in [5, 5.41) is 12.1. The van der Waals surface area contributed by atoms with Gasteiger partial charge < -0.3 is 10.1 Å². The molecule has 0 amide bonds. The van der Waals surface area contributed by atoms with Crippen molar-refractivity contribution in [2.75, 3.05) is 32.8 Å². The van der Waals surface area contributed by atoms with Crippen LogP contribution in [-0.4, -0.2) is 43.2 Å².